The van der Waals surface area contributed by atoms with E-state index in [9.17, 15) is 14.4 Å². The van der Waals surface area contributed by atoms with Crippen LogP contribution < -0.4 is 15.5 Å². The fraction of sp³-hybridized carbons (Fsp3) is 0.471. The Morgan fingerprint density at radius 2 is 2.00 bits per heavy atom. The zero-order valence-electron chi connectivity index (χ0n) is 14.4. The van der Waals surface area contributed by atoms with Crippen LogP contribution in [0.2, 0.25) is 0 Å². The van der Waals surface area contributed by atoms with E-state index >= 15 is 0 Å². The van der Waals surface area contributed by atoms with Crippen LogP contribution in [0.3, 0.4) is 0 Å². The number of likely N-dealkylation sites (N-methyl/N-ethyl adjacent to an activating group) is 1. The second-order valence-corrected chi connectivity index (χ2v) is 6.16. The van der Waals surface area contributed by atoms with Gasteiger partial charge in [0.2, 0.25) is 5.91 Å². The standard InChI is InChI=1S/C17H24N4O3/c1-12-6-7-13(11-14(12)21-9-4-5-15(21)22)19-17(24)16(23)18-8-10-20(2)3/h6-7,11H,4-5,8-10H2,1-3H3,(H,18,23)(H,19,24). The van der Waals surface area contributed by atoms with E-state index in [2.05, 4.69) is 10.6 Å². The quantitative estimate of drug-likeness (QED) is 0.779. The lowest BCUT2D eigenvalue weighted by atomic mass is 10.1. The number of nitrogens with one attached hydrogen (secondary N) is 2. The van der Waals surface area contributed by atoms with E-state index < -0.39 is 11.8 Å². The molecule has 1 aliphatic rings. The Balaban J connectivity index is 2.00. The highest BCUT2D eigenvalue weighted by Crippen LogP contribution is 2.28. The van der Waals surface area contributed by atoms with Crippen molar-refractivity contribution in [3.8, 4) is 0 Å². The van der Waals surface area contributed by atoms with Gasteiger partial charge in [-0.05, 0) is 45.1 Å². The molecule has 0 saturated carbocycles. The number of anilines is 2. The number of nitrogens with zero attached hydrogens (tertiary/aromatic N) is 2. The van der Waals surface area contributed by atoms with Gasteiger partial charge in [0.05, 0.1) is 0 Å². The second-order valence-electron chi connectivity index (χ2n) is 6.16. The Kier molecular flexibility index (Phi) is 5.92. The summed E-state index contributed by atoms with van der Waals surface area (Å²) < 4.78 is 0. The molecule has 0 radical (unpaired) electrons. The monoisotopic (exact) mass is 332 g/mol. The molecule has 0 bridgehead atoms. The molecule has 0 spiro atoms. The van der Waals surface area contributed by atoms with Gasteiger partial charge in [-0.3, -0.25) is 14.4 Å². The maximum absolute atomic E-state index is 12.0. The fourth-order valence-electron chi connectivity index (χ4n) is 2.54. The minimum Gasteiger partial charge on any atom is -0.347 e. The molecule has 2 N–H and O–H groups in total. The van der Waals surface area contributed by atoms with E-state index in [4.69, 9.17) is 0 Å². The maximum Gasteiger partial charge on any atom is 0.313 e. The Morgan fingerprint density at radius 1 is 1.25 bits per heavy atom. The lowest BCUT2D eigenvalue weighted by Gasteiger charge is -2.19. The maximum atomic E-state index is 12.0. The van der Waals surface area contributed by atoms with Crippen LogP contribution in [0, 0.1) is 6.92 Å². The topological polar surface area (TPSA) is 81.8 Å². The second kappa shape index (κ2) is 7.92. The number of carbonyl (C=O) groups excluding carboxylic acids is 3. The number of benzene rings is 1. The highest BCUT2D eigenvalue weighted by Gasteiger charge is 2.23. The van der Waals surface area contributed by atoms with Crippen LogP contribution in [0.5, 0.6) is 0 Å². The summed E-state index contributed by atoms with van der Waals surface area (Å²) in [6.45, 7) is 3.66. The summed E-state index contributed by atoms with van der Waals surface area (Å²) >= 11 is 0. The van der Waals surface area contributed by atoms with Crippen LogP contribution >= 0.6 is 0 Å². The molecular weight excluding hydrogens is 308 g/mol. The average Bonchev–Trinajstić information content (AvgIpc) is 2.94. The Morgan fingerprint density at radius 3 is 2.62 bits per heavy atom. The average molecular weight is 332 g/mol. The molecule has 1 saturated heterocycles. The van der Waals surface area contributed by atoms with E-state index in [1.54, 1.807) is 17.0 Å². The number of carbonyl (C=O) groups is 3. The zero-order valence-corrected chi connectivity index (χ0v) is 14.4. The molecule has 0 unspecified atom stereocenters. The van der Waals surface area contributed by atoms with Crippen molar-refractivity contribution in [2.45, 2.75) is 19.8 Å². The Hall–Kier alpha value is -2.41. The molecule has 0 aliphatic carbocycles. The van der Waals surface area contributed by atoms with Crippen LogP contribution in [0.1, 0.15) is 18.4 Å². The molecule has 1 fully saturated rings. The first kappa shape index (κ1) is 17.9. The van der Waals surface area contributed by atoms with Crippen molar-refractivity contribution in [1.29, 1.82) is 0 Å². The van der Waals surface area contributed by atoms with E-state index in [0.29, 0.717) is 31.7 Å². The SMILES string of the molecule is Cc1ccc(NC(=O)C(=O)NCCN(C)C)cc1N1CCCC1=O. The van der Waals surface area contributed by atoms with Gasteiger partial charge in [0.1, 0.15) is 0 Å². The first-order chi connectivity index (χ1) is 11.4. The molecule has 2 rings (SSSR count). The van der Waals surface area contributed by atoms with E-state index in [-0.39, 0.29) is 5.91 Å². The molecular formula is C17H24N4O3. The van der Waals surface area contributed by atoms with Crippen molar-refractivity contribution in [1.82, 2.24) is 10.2 Å². The molecule has 0 aromatic heterocycles. The van der Waals surface area contributed by atoms with E-state index in [0.717, 1.165) is 17.7 Å². The lowest BCUT2D eigenvalue weighted by molar-refractivity contribution is -0.136. The van der Waals surface area contributed by atoms with Gasteiger partial charge >= 0.3 is 11.8 Å². The van der Waals surface area contributed by atoms with Gasteiger partial charge in [0, 0.05) is 37.4 Å². The van der Waals surface area contributed by atoms with Gasteiger partial charge in [-0.1, -0.05) is 6.07 Å². The normalized spacial score (nSPS) is 14.2. The summed E-state index contributed by atoms with van der Waals surface area (Å²) in [5.74, 6) is -1.30. The van der Waals surface area contributed by atoms with Crippen molar-refractivity contribution in [2.24, 2.45) is 0 Å². The van der Waals surface area contributed by atoms with Crippen LogP contribution in [0.4, 0.5) is 11.4 Å². The van der Waals surface area contributed by atoms with Crippen molar-refractivity contribution < 1.29 is 14.4 Å². The first-order valence-corrected chi connectivity index (χ1v) is 8.03. The highest BCUT2D eigenvalue weighted by atomic mass is 16.2. The summed E-state index contributed by atoms with van der Waals surface area (Å²) in [6.07, 6.45) is 1.38. The molecule has 0 atom stereocenters. The largest absolute Gasteiger partial charge is 0.347 e. The molecule has 130 valence electrons. The fourth-order valence-corrected chi connectivity index (χ4v) is 2.54. The Labute approximate surface area is 142 Å². The minimum atomic E-state index is -0.712. The van der Waals surface area contributed by atoms with Gasteiger partial charge in [-0.15, -0.1) is 0 Å². The Bertz CT molecular complexity index is 643. The molecule has 7 heteroatoms. The molecule has 24 heavy (non-hydrogen) atoms. The number of aryl methyl sites for hydroxylation is 1. The summed E-state index contributed by atoms with van der Waals surface area (Å²) in [7, 11) is 3.78. The third-order valence-corrected chi connectivity index (χ3v) is 3.88. The summed E-state index contributed by atoms with van der Waals surface area (Å²) in [6, 6.07) is 5.30. The summed E-state index contributed by atoms with van der Waals surface area (Å²) in [4.78, 5) is 39.3. The number of rotatable bonds is 5. The molecule has 1 heterocycles. The summed E-state index contributed by atoms with van der Waals surface area (Å²) in [5.41, 5.74) is 2.24. The van der Waals surface area contributed by atoms with Crippen molar-refractivity contribution in [3.63, 3.8) is 0 Å². The molecule has 1 aromatic carbocycles. The van der Waals surface area contributed by atoms with Gasteiger partial charge < -0.3 is 20.4 Å². The molecule has 7 nitrogen and oxygen atoms in total. The van der Waals surface area contributed by atoms with Crippen LogP contribution in [0.15, 0.2) is 18.2 Å². The number of hydrogen-bond acceptors (Lipinski definition) is 4. The predicted octanol–water partition coefficient (Wildman–Crippen LogP) is 0.738. The zero-order chi connectivity index (χ0) is 17.7. The van der Waals surface area contributed by atoms with E-state index in [1.807, 2.05) is 32.0 Å². The molecule has 3 amide bonds. The van der Waals surface area contributed by atoms with Gasteiger partial charge in [0.25, 0.3) is 0 Å². The predicted molar refractivity (Wildman–Crippen MR) is 93.0 cm³/mol. The third kappa shape index (κ3) is 4.55. The van der Waals surface area contributed by atoms with Crippen molar-refractivity contribution >= 4 is 29.1 Å². The van der Waals surface area contributed by atoms with Crippen molar-refractivity contribution in [3.05, 3.63) is 23.8 Å². The summed E-state index contributed by atoms with van der Waals surface area (Å²) in [5, 5.41) is 5.15. The molecule has 1 aliphatic heterocycles. The van der Waals surface area contributed by atoms with Crippen molar-refractivity contribution in [2.75, 3.05) is 43.9 Å². The van der Waals surface area contributed by atoms with Crippen LogP contribution in [-0.4, -0.2) is 56.4 Å². The van der Waals surface area contributed by atoms with Gasteiger partial charge in [-0.25, -0.2) is 0 Å². The molecule has 1 aromatic rings. The van der Waals surface area contributed by atoms with Gasteiger partial charge in [0.15, 0.2) is 0 Å². The smallest absolute Gasteiger partial charge is 0.313 e. The highest BCUT2D eigenvalue weighted by molar-refractivity contribution is 6.39. The van der Waals surface area contributed by atoms with Crippen LogP contribution in [-0.2, 0) is 14.4 Å². The lowest BCUT2D eigenvalue weighted by Crippen LogP contribution is -2.38. The number of hydrogen-bond donors (Lipinski definition) is 2. The van der Waals surface area contributed by atoms with Crippen LogP contribution in [0.25, 0.3) is 0 Å². The minimum absolute atomic E-state index is 0.0861. The number of amides is 3. The third-order valence-electron chi connectivity index (χ3n) is 3.88. The van der Waals surface area contributed by atoms with Gasteiger partial charge in [-0.2, -0.15) is 0 Å². The van der Waals surface area contributed by atoms with E-state index in [1.165, 1.54) is 0 Å². The first-order valence-electron chi connectivity index (χ1n) is 8.03.